The Balaban J connectivity index is 1.92. The third-order valence-corrected chi connectivity index (χ3v) is 6.22. The number of nitrogen functional groups attached to an aromatic ring is 1. The number of methoxy groups -OCH3 is 1. The Morgan fingerprint density at radius 2 is 1.89 bits per heavy atom. The Morgan fingerprint density at radius 1 is 1.19 bits per heavy atom. The molecule has 0 unspecified atom stereocenters. The highest BCUT2D eigenvalue weighted by molar-refractivity contribution is 7.89. The Bertz CT molecular complexity index is 942. The van der Waals surface area contributed by atoms with E-state index >= 15 is 0 Å². The van der Waals surface area contributed by atoms with Crippen molar-refractivity contribution < 1.29 is 17.9 Å². The summed E-state index contributed by atoms with van der Waals surface area (Å²) in [7, 11) is -2.33. The lowest BCUT2D eigenvalue weighted by atomic mass is 10.2. The number of hydrogen-bond donors (Lipinski definition) is 2. The first kappa shape index (κ1) is 19.1. The molecule has 2 heterocycles. The van der Waals surface area contributed by atoms with Crippen LogP contribution in [0.25, 0.3) is 0 Å². The number of hydrogen-bond acceptors (Lipinski definition) is 7. The van der Waals surface area contributed by atoms with E-state index in [1.54, 1.807) is 6.07 Å². The van der Waals surface area contributed by atoms with E-state index in [0.717, 1.165) is 19.3 Å². The van der Waals surface area contributed by atoms with Gasteiger partial charge in [0.05, 0.1) is 7.11 Å². The number of carbonyl (C=O) groups is 1. The minimum atomic E-state index is -3.73. The molecule has 1 aliphatic rings. The van der Waals surface area contributed by atoms with Crippen molar-refractivity contribution in [3.63, 3.8) is 0 Å². The van der Waals surface area contributed by atoms with Crippen molar-refractivity contribution in [3.05, 3.63) is 36.3 Å². The van der Waals surface area contributed by atoms with Crippen molar-refractivity contribution in [2.24, 2.45) is 0 Å². The fourth-order valence-corrected chi connectivity index (χ4v) is 4.61. The Kier molecular flexibility index (Phi) is 5.57. The molecule has 10 heteroatoms. The number of nitrogens with zero attached hydrogens (tertiary/aromatic N) is 3. The van der Waals surface area contributed by atoms with Crippen molar-refractivity contribution in [1.82, 2.24) is 14.3 Å². The number of piperidine rings is 1. The van der Waals surface area contributed by atoms with E-state index in [4.69, 9.17) is 10.5 Å². The first-order valence-corrected chi connectivity index (χ1v) is 9.93. The van der Waals surface area contributed by atoms with Gasteiger partial charge in [-0.15, -0.1) is 0 Å². The number of nitrogens with one attached hydrogen (secondary N) is 1. The number of aromatic nitrogens is 2. The predicted molar refractivity (Wildman–Crippen MR) is 100 cm³/mol. The van der Waals surface area contributed by atoms with Crippen LogP contribution >= 0.6 is 0 Å². The normalized spacial score (nSPS) is 15.3. The van der Waals surface area contributed by atoms with Gasteiger partial charge in [0.25, 0.3) is 5.91 Å². The lowest BCUT2D eigenvalue weighted by molar-refractivity contribution is 0.102. The van der Waals surface area contributed by atoms with Gasteiger partial charge in [-0.3, -0.25) is 4.79 Å². The molecule has 0 spiro atoms. The minimum absolute atomic E-state index is 0.00956. The maximum absolute atomic E-state index is 13.0. The smallest absolute Gasteiger partial charge is 0.278 e. The van der Waals surface area contributed by atoms with E-state index in [0.29, 0.717) is 18.8 Å². The van der Waals surface area contributed by atoms with Gasteiger partial charge in [-0.25, -0.2) is 18.4 Å². The lowest BCUT2D eigenvalue weighted by Gasteiger charge is -2.26. The summed E-state index contributed by atoms with van der Waals surface area (Å²) in [6.45, 7) is 0.941. The van der Waals surface area contributed by atoms with Crippen molar-refractivity contribution in [1.29, 1.82) is 0 Å². The largest absolute Gasteiger partial charge is 0.495 e. The average molecular weight is 391 g/mol. The Hall–Kier alpha value is -2.72. The summed E-state index contributed by atoms with van der Waals surface area (Å²) < 4.78 is 32.7. The number of benzene rings is 1. The van der Waals surface area contributed by atoms with Crippen LogP contribution in [0.5, 0.6) is 5.75 Å². The first-order valence-electron chi connectivity index (χ1n) is 8.49. The van der Waals surface area contributed by atoms with Crippen LogP contribution in [0.1, 0.15) is 29.8 Å². The second-order valence-electron chi connectivity index (χ2n) is 6.07. The number of rotatable bonds is 5. The molecular weight excluding hydrogens is 370 g/mol. The predicted octanol–water partition coefficient (Wildman–Crippen LogP) is 1.49. The molecule has 1 aliphatic heterocycles. The third-order valence-electron chi connectivity index (χ3n) is 4.30. The molecule has 0 atom stereocenters. The molecule has 1 aromatic heterocycles. The number of nitrogens with two attached hydrogens (primary N) is 1. The van der Waals surface area contributed by atoms with E-state index in [1.807, 2.05) is 0 Å². The van der Waals surface area contributed by atoms with E-state index in [-0.39, 0.29) is 22.2 Å². The average Bonchev–Trinajstić information content (AvgIpc) is 2.69. The first-order chi connectivity index (χ1) is 12.9. The summed E-state index contributed by atoms with van der Waals surface area (Å²) in [5, 5.41) is 2.61. The summed E-state index contributed by atoms with van der Waals surface area (Å²) >= 11 is 0. The third kappa shape index (κ3) is 4.01. The summed E-state index contributed by atoms with van der Waals surface area (Å²) in [5.41, 5.74) is 5.92. The van der Waals surface area contributed by atoms with Gasteiger partial charge in [0.1, 0.15) is 10.6 Å². The molecule has 9 nitrogen and oxygen atoms in total. The van der Waals surface area contributed by atoms with E-state index in [9.17, 15) is 13.2 Å². The number of sulfonamides is 1. The number of carbonyl (C=O) groups excluding carboxylic acids is 1. The zero-order chi connectivity index (χ0) is 19.4. The SMILES string of the molecule is COc1ccc(NC(=O)c2nccnc2N)cc1S(=O)(=O)N1CCCCC1. The fourth-order valence-electron chi connectivity index (χ4n) is 2.91. The van der Waals surface area contributed by atoms with Gasteiger partial charge in [-0.2, -0.15) is 4.31 Å². The summed E-state index contributed by atoms with van der Waals surface area (Å²) in [6, 6.07) is 4.44. The highest BCUT2D eigenvalue weighted by Gasteiger charge is 2.29. The molecule has 2 aromatic rings. The van der Waals surface area contributed by atoms with Gasteiger partial charge in [0.15, 0.2) is 11.5 Å². The van der Waals surface area contributed by atoms with Crippen LogP contribution in [0.4, 0.5) is 11.5 Å². The molecule has 1 amide bonds. The van der Waals surface area contributed by atoms with Gasteiger partial charge in [0, 0.05) is 31.2 Å². The molecule has 0 radical (unpaired) electrons. The van der Waals surface area contributed by atoms with Gasteiger partial charge >= 0.3 is 0 Å². The number of amides is 1. The molecule has 0 bridgehead atoms. The maximum Gasteiger partial charge on any atom is 0.278 e. The molecule has 1 aromatic carbocycles. The van der Waals surface area contributed by atoms with Gasteiger partial charge in [0.2, 0.25) is 10.0 Å². The van der Waals surface area contributed by atoms with Crippen molar-refractivity contribution in [2.45, 2.75) is 24.2 Å². The number of anilines is 2. The van der Waals surface area contributed by atoms with Crippen LogP contribution in [-0.4, -0.2) is 48.8 Å². The van der Waals surface area contributed by atoms with E-state index in [2.05, 4.69) is 15.3 Å². The molecule has 1 fully saturated rings. The minimum Gasteiger partial charge on any atom is -0.495 e. The quantitative estimate of drug-likeness (QED) is 0.790. The van der Waals surface area contributed by atoms with Gasteiger partial charge in [-0.1, -0.05) is 6.42 Å². The summed E-state index contributed by atoms with van der Waals surface area (Å²) in [4.78, 5) is 20.1. The monoisotopic (exact) mass is 391 g/mol. The molecule has 3 N–H and O–H groups in total. The topological polar surface area (TPSA) is 128 Å². The highest BCUT2D eigenvalue weighted by atomic mass is 32.2. The van der Waals surface area contributed by atoms with Crippen LogP contribution in [0.3, 0.4) is 0 Å². The fraction of sp³-hybridized carbons (Fsp3) is 0.353. The summed E-state index contributed by atoms with van der Waals surface area (Å²) in [5.74, 6) is -0.366. The maximum atomic E-state index is 13.0. The summed E-state index contributed by atoms with van der Waals surface area (Å²) in [6.07, 6.45) is 5.39. The second-order valence-corrected chi connectivity index (χ2v) is 7.98. The van der Waals surface area contributed by atoms with Crippen LogP contribution < -0.4 is 15.8 Å². The van der Waals surface area contributed by atoms with Crippen molar-refractivity contribution >= 4 is 27.4 Å². The van der Waals surface area contributed by atoms with E-state index < -0.39 is 15.9 Å². The Labute approximate surface area is 157 Å². The van der Waals surface area contributed by atoms with Crippen LogP contribution in [-0.2, 0) is 10.0 Å². The lowest BCUT2D eigenvalue weighted by Crippen LogP contribution is -2.35. The standard InChI is InChI=1S/C17H21N5O4S/c1-26-13-6-5-12(21-17(23)15-16(18)20-8-7-19-15)11-14(13)27(24,25)22-9-3-2-4-10-22/h5-8,11H,2-4,9-10H2,1H3,(H2,18,20)(H,21,23). The van der Waals surface area contributed by atoms with Crippen LogP contribution in [0, 0.1) is 0 Å². The van der Waals surface area contributed by atoms with Gasteiger partial charge in [-0.05, 0) is 31.0 Å². The molecule has 27 heavy (non-hydrogen) atoms. The van der Waals surface area contributed by atoms with Crippen molar-refractivity contribution in [3.8, 4) is 5.75 Å². The zero-order valence-electron chi connectivity index (χ0n) is 14.9. The Morgan fingerprint density at radius 3 is 2.56 bits per heavy atom. The molecule has 0 saturated carbocycles. The molecule has 3 rings (SSSR count). The molecule has 144 valence electrons. The van der Waals surface area contributed by atoms with Crippen LogP contribution in [0.2, 0.25) is 0 Å². The molecule has 0 aliphatic carbocycles. The number of ether oxygens (including phenoxy) is 1. The van der Waals surface area contributed by atoms with Gasteiger partial charge < -0.3 is 15.8 Å². The zero-order valence-corrected chi connectivity index (χ0v) is 15.7. The van der Waals surface area contributed by atoms with Crippen molar-refractivity contribution in [2.75, 3.05) is 31.2 Å². The molecule has 1 saturated heterocycles. The van der Waals surface area contributed by atoms with E-state index in [1.165, 1.54) is 35.9 Å². The highest BCUT2D eigenvalue weighted by Crippen LogP contribution is 2.31. The second kappa shape index (κ2) is 7.89. The molecular formula is C17H21N5O4S. The van der Waals surface area contributed by atoms with Crippen LogP contribution in [0.15, 0.2) is 35.5 Å².